The van der Waals surface area contributed by atoms with Gasteiger partial charge in [-0.05, 0) is 98.5 Å². The van der Waals surface area contributed by atoms with Gasteiger partial charge in [-0.1, -0.05) is 24.3 Å². The summed E-state index contributed by atoms with van der Waals surface area (Å²) in [5.41, 5.74) is 4.62. The summed E-state index contributed by atoms with van der Waals surface area (Å²) in [6.07, 6.45) is 4.08. The number of halogens is 1. The molecule has 4 nitrogen and oxygen atoms in total. The van der Waals surface area contributed by atoms with Crippen LogP contribution in [0.15, 0.2) is 79.0 Å². The number of benzene rings is 3. The Morgan fingerprint density at radius 2 is 1.75 bits per heavy atom. The molecular weight excluding hydrogens is 401 g/mol. The van der Waals surface area contributed by atoms with Gasteiger partial charge in [-0.3, -0.25) is 4.79 Å². The fourth-order valence-electron chi connectivity index (χ4n) is 3.89. The average molecular weight is 430 g/mol. The van der Waals surface area contributed by atoms with Gasteiger partial charge in [0.15, 0.2) is 0 Å². The van der Waals surface area contributed by atoms with Crippen molar-refractivity contribution >= 4 is 22.5 Å². The molecule has 1 aromatic heterocycles. The van der Waals surface area contributed by atoms with Crippen molar-refractivity contribution in [3.8, 4) is 0 Å². The van der Waals surface area contributed by atoms with E-state index in [2.05, 4.69) is 59.3 Å². The Bertz CT molecular complexity index is 1210. The molecule has 0 atom stereocenters. The first kappa shape index (κ1) is 21.8. The SMILES string of the molecule is CN(C)CCCn1ccc2cc(Cc3ccc(C(=O)Nc4cccc(F)c4)cc3)ccc21. The van der Waals surface area contributed by atoms with Crippen LogP contribution in [0.5, 0.6) is 0 Å². The van der Waals surface area contributed by atoms with Gasteiger partial charge >= 0.3 is 0 Å². The number of nitrogens with one attached hydrogen (secondary N) is 1. The first-order chi connectivity index (χ1) is 15.5. The van der Waals surface area contributed by atoms with Crippen LogP contribution in [0.2, 0.25) is 0 Å². The van der Waals surface area contributed by atoms with E-state index in [0.717, 1.165) is 31.5 Å². The predicted octanol–water partition coefficient (Wildman–Crippen LogP) is 5.58. The first-order valence-corrected chi connectivity index (χ1v) is 10.9. The summed E-state index contributed by atoms with van der Waals surface area (Å²) in [4.78, 5) is 14.6. The lowest BCUT2D eigenvalue weighted by atomic mass is 10.0. The minimum atomic E-state index is -0.376. The van der Waals surface area contributed by atoms with E-state index in [1.54, 1.807) is 12.1 Å². The molecule has 0 unspecified atom stereocenters. The summed E-state index contributed by atoms with van der Waals surface area (Å²) >= 11 is 0. The van der Waals surface area contributed by atoms with Crippen LogP contribution in [0.3, 0.4) is 0 Å². The molecule has 3 aromatic carbocycles. The number of aryl methyl sites for hydroxylation is 1. The second-order valence-electron chi connectivity index (χ2n) is 8.40. The van der Waals surface area contributed by atoms with Crippen LogP contribution in [0.4, 0.5) is 10.1 Å². The monoisotopic (exact) mass is 429 g/mol. The quantitative estimate of drug-likeness (QED) is 0.397. The molecule has 0 radical (unpaired) electrons. The number of anilines is 1. The van der Waals surface area contributed by atoms with Crippen LogP contribution in [-0.2, 0) is 13.0 Å². The lowest BCUT2D eigenvalue weighted by Crippen LogP contribution is -2.14. The number of hydrogen-bond donors (Lipinski definition) is 1. The van der Waals surface area contributed by atoms with Crippen LogP contribution < -0.4 is 5.32 Å². The first-order valence-electron chi connectivity index (χ1n) is 10.9. The molecule has 0 aliphatic carbocycles. The molecule has 1 amide bonds. The maximum Gasteiger partial charge on any atom is 0.255 e. The molecule has 0 saturated carbocycles. The molecule has 0 bridgehead atoms. The Balaban J connectivity index is 1.40. The maximum absolute atomic E-state index is 13.3. The maximum atomic E-state index is 13.3. The van der Waals surface area contributed by atoms with Gasteiger partial charge in [0, 0.05) is 29.5 Å². The van der Waals surface area contributed by atoms with E-state index in [0.29, 0.717) is 11.3 Å². The molecule has 1 heterocycles. The smallest absolute Gasteiger partial charge is 0.255 e. The highest BCUT2D eigenvalue weighted by Gasteiger charge is 2.08. The number of rotatable bonds is 8. The summed E-state index contributed by atoms with van der Waals surface area (Å²) in [6.45, 7) is 2.09. The zero-order valence-electron chi connectivity index (χ0n) is 18.5. The zero-order chi connectivity index (χ0) is 22.5. The Hall–Kier alpha value is -3.44. The summed E-state index contributed by atoms with van der Waals surface area (Å²) in [6, 6.07) is 22.2. The molecule has 32 heavy (non-hydrogen) atoms. The molecule has 164 valence electrons. The molecule has 0 aliphatic heterocycles. The highest BCUT2D eigenvalue weighted by atomic mass is 19.1. The number of carbonyl (C=O) groups is 1. The van der Waals surface area contributed by atoms with Gasteiger partial charge < -0.3 is 14.8 Å². The minimum Gasteiger partial charge on any atom is -0.347 e. The molecular formula is C27H28FN3O. The van der Waals surface area contributed by atoms with Crippen LogP contribution >= 0.6 is 0 Å². The van der Waals surface area contributed by atoms with Crippen LogP contribution in [0, 0.1) is 5.82 Å². The summed E-state index contributed by atoms with van der Waals surface area (Å²) in [5, 5.41) is 3.98. The van der Waals surface area contributed by atoms with Crippen molar-refractivity contribution in [3.63, 3.8) is 0 Å². The summed E-state index contributed by atoms with van der Waals surface area (Å²) in [5.74, 6) is -0.627. The number of amides is 1. The topological polar surface area (TPSA) is 37.3 Å². The molecule has 0 aliphatic rings. The Kier molecular flexibility index (Phi) is 6.66. The summed E-state index contributed by atoms with van der Waals surface area (Å²) < 4.78 is 15.6. The van der Waals surface area contributed by atoms with Gasteiger partial charge in [-0.25, -0.2) is 4.39 Å². The Morgan fingerprint density at radius 1 is 0.969 bits per heavy atom. The van der Waals surface area contributed by atoms with Crippen molar-refractivity contribution in [2.45, 2.75) is 19.4 Å². The number of fused-ring (bicyclic) bond motifs is 1. The lowest BCUT2D eigenvalue weighted by Gasteiger charge is -2.11. The van der Waals surface area contributed by atoms with Crippen LogP contribution in [0.25, 0.3) is 10.9 Å². The molecule has 0 fully saturated rings. The van der Waals surface area contributed by atoms with Crippen molar-refractivity contribution in [3.05, 3.63) is 102 Å². The standard InChI is InChI=1S/C27H28FN3O/c1-30(2)14-4-15-31-16-13-23-18-21(9-12-26(23)31)17-20-7-10-22(11-8-20)27(32)29-25-6-3-5-24(28)19-25/h3,5-13,16,18-19H,4,14-15,17H2,1-2H3,(H,29,32). The highest BCUT2D eigenvalue weighted by molar-refractivity contribution is 6.04. The van der Waals surface area contributed by atoms with Crippen LogP contribution in [-0.4, -0.2) is 36.0 Å². The van der Waals surface area contributed by atoms with Gasteiger partial charge in [-0.15, -0.1) is 0 Å². The predicted molar refractivity (Wildman–Crippen MR) is 129 cm³/mol. The van der Waals surface area contributed by atoms with Gasteiger partial charge in [0.05, 0.1) is 0 Å². The zero-order valence-corrected chi connectivity index (χ0v) is 18.5. The van der Waals surface area contributed by atoms with E-state index in [-0.39, 0.29) is 11.7 Å². The van der Waals surface area contributed by atoms with Gasteiger partial charge in [-0.2, -0.15) is 0 Å². The molecule has 5 heteroatoms. The highest BCUT2D eigenvalue weighted by Crippen LogP contribution is 2.21. The fourth-order valence-corrected chi connectivity index (χ4v) is 3.89. The van der Waals surface area contributed by atoms with Gasteiger partial charge in [0.2, 0.25) is 0 Å². The Morgan fingerprint density at radius 3 is 2.50 bits per heavy atom. The normalized spacial score (nSPS) is 11.2. The van der Waals surface area contributed by atoms with E-state index in [4.69, 9.17) is 0 Å². The third-order valence-corrected chi connectivity index (χ3v) is 5.55. The second kappa shape index (κ2) is 9.79. The Labute approximate surface area is 188 Å². The van der Waals surface area contributed by atoms with Crippen molar-refractivity contribution < 1.29 is 9.18 Å². The van der Waals surface area contributed by atoms with E-state index < -0.39 is 0 Å². The second-order valence-corrected chi connectivity index (χ2v) is 8.40. The average Bonchev–Trinajstić information content (AvgIpc) is 3.16. The van der Waals surface area contributed by atoms with Crippen LogP contribution in [0.1, 0.15) is 27.9 Å². The minimum absolute atomic E-state index is 0.251. The van der Waals surface area contributed by atoms with Gasteiger partial charge in [0.1, 0.15) is 5.82 Å². The van der Waals surface area contributed by atoms with Crippen molar-refractivity contribution in [1.82, 2.24) is 9.47 Å². The molecule has 1 N–H and O–H groups in total. The van der Waals surface area contributed by atoms with Crippen molar-refractivity contribution in [2.75, 3.05) is 26.0 Å². The number of carbonyl (C=O) groups excluding carboxylic acids is 1. The number of aromatic nitrogens is 1. The van der Waals surface area contributed by atoms with Crippen molar-refractivity contribution in [1.29, 1.82) is 0 Å². The van der Waals surface area contributed by atoms with E-state index in [9.17, 15) is 9.18 Å². The number of hydrogen-bond acceptors (Lipinski definition) is 2. The molecule has 0 spiro atoms. The van der Waals surface area contributed by atoms with Crippen molar-refractivity contribution in [2.24, 2.45) is 0 Å². The third kappa shape index (κ3) is 5.42. The molecule has 4 rings (SSSR count). The third-order valence-electron chi connectivity index (χ3n) is 5.55. The lowest BCUT2D eigenvalue weighted by molar-refractivity contribution is 0.102. The number of nitrogens with zero attached hydrogens (tertiary/aromatic N) is 2. The van der Waals surface area contributed by atoms with E-state index in [1.807, 2.05) is 24.3 Å². The fraction of sp³-hybridized carbons (Fsp3) is 0.222. The van der Waals surface area contributed by atoms with E-state index >= 15 is 0 Å². The summed E-state index contributed by atoms with van der Waals surface area (Å²) in [7, 11) is 4.20. The van der Waals surface area contributed by atoms with E-state index in [1.165, 1.54) is 28.6 Å². The molecule has 0 saturated heterocycles. The largest absolute Gasteiger partial charge is 0.347 e. The molecule has 4 aromatic rings. The van der Waals surface area contributed by atoms with Gasteiger partial charge in [0.25, 0.3) is 5.91 Å².